The Bertz CT molecular complexity index is 433. The second kappa shape index (κ2) is 6.97. The number of thioether (sulfide) groups is 1. The van der Waals surface area contributed by atoms with Gasteiger partial charge in [-0.2, -0.15) is 0 Å². The molecule has 1 N–H and O–H groups in total. The van der Waals surface area contributed by atoms with Crippen LogP contribution in [0.3, 0.4) is 0 Å². The quantitative estimate of drug-likeness (QED) is 0.901. The van der Waals surface area contributed by atoms with Crippen LogP contribution in [0.2, 0.25) is 0 Å². The highest BCUT2D eigenvalue weighted by Crippen LogP contribution is 2.32. The van der Waals surface area contributed by atoms with E-state index in [2.05, 4.69) is 51.2 Å². The predicted octanol–water partition coefficient (Wildman–Crippen LogP) is 4.15. The Kier molecular flexibility index (Phi) is 5.53. The second-order valence-electron chi connectivity index (χ2n) is 6.64. The summed E-state index contributed by atoms with van der Waals surface area (Å²) in [4.78, 5) is 1.43. The van der Waals surface area contributed by atoms with Crippen molar-refractivity contribution in [3.05, 3.63) is 29.3 Å². The summed E-state index contributed by atoms with van der Waals surface area (Å²) in [7, 11) is 0. The predicted molar refractivity (Wildman–Crippen MR) is 87.5 cm³/mol. The molecule has 1 heterocycles. The van der Waals surface area contributed by atoms with Crippen molar-refractivity contribution < 1.29 is 4.74 Å². The van der Waals surface area contributed by atoms with Crippen molar-refractivity contribution in [3.8, 4) is 0 Å². The second-order valence-corrected chi connectivity index (χ2v) is 7.99. The summed E-state index contributed by atoms with van der Waals surface area (Å²) >= 11 is 2.03. The van der Waals surface area contributed by atoms with E-state index in [-0.39, 0.29) is 5.54 Å². The minimum Gasteiger partial charge on any atom is -0.381 e. The third-order valence-corrected chi connectivity index (χ3v) is 4.94. The normalized spacial score (nSPS) is 17.4. The molecule has 0 radical (unpaired) electrons. The average Bonchev–Trinajstić information content (AvgIpc) is 2.39. The van der Waals surface area contributed by atoms with Crippen LogP contribution in [0.15, 0.2) is 23.1 Å². The zero-order chi connectivity index (χ0) is 14.6. The molecule has 0 saturated carbocycles. The van der Waals surface area contributed by atoms with Crippen LogP contribution in [0.25, 0.3) is 0 Å². The van der Waals surface area contributed by atoms with E-state index in [1.807, 2.05) is 11.8 Å². The number of hydrogen-bond donors (Lipinski definition) is 1. The van der Waals surface area contributed by atoms with Crippen LogP contribution in [0.5, 0.6) is 0 Å². The Morgan fingerprint density at radius 3 is 2.60 bits per heavy atom. The Morgan fingerprint density at radius 1 is 1.25 bits per heavy atom. The summed E-state index contributed by atoms with van der Waals surface area (Å²) in [5, 5.41) is 4.31. The van der Waals surface area contributed by atoms with E-state index in [1.165, 1.54) is 28.9 Å². The molecule has 3 heteroatoms. The first-order chi connectivity index (χ1) is 9.44. The molecule has 2 rings (SSSR count). The van der Waals surface area contributed by atoms with Crippen molar-refractivity contribution in [2.75, 3.05) is 13.2 Å². The lowest BCUT2D eigenvalue weighted by Crippen LogP contribution is -2.35. The van der Waals surface area contributed by atoms with Crippen molar-refractivity contribution in [2.45, 2.75) is 62.8 Å². The van der Waals surface area contributed by atoms with Crippen molar-refractivity contribution >= 4 is 11.8 Å². The number of aryl methyl sites for hydroxylation is 1. The molecule has 0 bridgehead atoms. The van der Waals surface area contributed by atoms with Crippen LogP contribution >= 0.6 is 11.8 Å². The Labute approximate surface area is 127 Å². The molecule has 1 aliphatic heterocycles. The number of nitrogens with one attached hydrogen (secondary N) is 1. The first-order valence-electron chi connectivity index (χ1n) is 7.53. The Hall–Kier alpha value is -0.510. The topological polar surface area (TPSA) is 21.3 Å². The maximum Gasteiger partial charge on any atom is 0.0476 e. The molecule has 1 aliphatic rings. The zero-order valence-electron chi connectivity index (χ0n) is 13.2. The van der Waals surface area contributed by atoms with Gasteiger partial charge in [0.2, 0.25) is 0 Å². The number of benzene rings is 1. The average molecular weight is 293 g/mol. The fourth-order valence-electron chi connectivity index (χ4n) is 2.30. The first-order valence-corrected chi connectivity index (χ1v) is 8.41. The van der Waals surface area contributed by atoms with Crippen LogP contribution < -0.4 is 5.32 Å². The molecule has 0 atom stereocenters. The smallest absolute Gasteiger partial charge is 0.0476 e. The highest BCUT2D eigenvalue weighted by Gasteiger charge is 2.17. The largest absolute Gasteiger partial charge is 0.381 e. The molecule has 0 amide bonds. The van der Waals surface area contributed by atoms with Crippen molar-refractivity contribution in [1.29, 1.82) is 0 Å². The number of hydrogen-bond acceptors (Lipinski definition) is 3. The van der Waals surface area contributed by atoms with Gasteiger partial charge in [-0.05, 0) is 52.2 Å². The van der Waals surface area contributed by atoms with Crippen molar-refractivity contribution in [1.82, 2.24) is 5.32 Å². The number of rotatable bonds is 4. The lowest BCUT2D eigenvalue weighted by molar-refractivity contribution is 0.1000. The molecule has 1 fully saturated rings. The van der Waals surface area contributed by atoms with Gasteiger partial charge in [0.25, 0.3) is 0 Å². The highest BCUT2D eigenvalue weighted by molar-refractivity contribution is 8.00. The van der Waals surface area contributed by atoms with Crippen molar-refractivity contribution in [3.63, 3.8) is 0 Å². The molecular formula is C17H27NOS. The van der Waals surface area contributed by atoms with E-state index < -0.39 is 0 Å². The lowest BCUT2D eigenvalue weighted by Gasteiger charge is -2.25. The van der Waals surface area contributed by atoms with Gasteiger partial charge in [0, 0.05) is 35.4 Å². The molecule has 0 aliphatic carbocycles. The molecule has 0 unspecified atom stereocenters. The summed E-state index contributed by atoms with van der Waals surface area (Å²) in [6, 6.07) is 6.83. The fraction of sp³-hybridized carbons (Fsp3) is 0.647. The molecule has 1 aromatic carbocycles. The first kappa shape index (κ1) is 15.9. The van der Waals surface area contributed by atoms with Crippen LogP contribution in [0.1, 0.15) is 44.7 Å². The molecule has 1 saturated heterocycles. The highest BCUT2D eigenvalue weighted by atomic mass is 32.2. The van der Waals surface area contributed by atoms with E-state index in [4.69, 9.17) is 4.74 Å². The third kappa shape index (κ3) is 5.12. The minimum absolute atomic E-state index is 0.157. The van der Waals surface area contributed by atoms with Gasteiger partial charge in [-0.3, -0.25) is 0 Å². The summed E-state index contributed by atoms with van der Waals surface area (Å²) in [5.74, 6) is 0. The minimum atomic E-state index is 0.157. The standard InChI is InChI=1S/C17H27NOS/c1-13-5-6-16(20-15-7-9-19-10-8-15)14(11-13)12-18-17(2,3)4/h5-6,11,15,18H,7-10,12H2,1-4H3. The van der Waals surface area contributed by atoms with Gasteiger partial charge < -0.3 is 10.1 Å². The molecule has 112 valence electrons. The van der Waals surface area contributed by atoms with Gasteiger partial charge in [-0.25, -0.2) is 0 Å². The van der Waals surface area contributed by atoms with Gasteiger partial charge >= 0.3 is 0 Å². The van der Waals surface area contributed by atoms with Crippen molar-refractivity contribution in [2.24, 2.45) is 0 Å². The molecular weight excluding hydrogens is 266 g/mol. The Morgan fingerprint density at radius 2 is 1.95 bits per heavy atom. The van der Waals surface area contributed by atoms with Crippen LogP contribution in [0.4, 0.5) is 0 Å². The maximum atomic E-state index is 5.45. The summed E-state index contributed by atoms with van der Waals surface area (Å²) < 4.78 is 5.45. The molecule has 2 nitrogen and oxygen atoms in total. The van der Waals surface area contributed by atoms with Crippen LogP contribution in [0, 0.1) is 6.92 Å². The van der Waals surface area contributed by atoms with Gasteiger partial charge in [-0.1, -0.05) is 17.7 Å². The van der Waals surface area contributed by atoms with E-state index in [9.17, 15) is 0 Å². The van der Waals surface area contributed by atoms with E-state index >= 15 is 0 Å². The SMILES string of the molecule is Cc1ccc(SC2CCOCC2)c(CNC(C)(C)C)c1. The molecule has 1 aromatic rings. The monoisotopic (exact) mass is 293 g/mol. The fourth-order valence-corrected chi connectivity index (χ4v) is 3.51. The van der Waals surface area contributed by atoms with Gasteiger partial charge in [0.15, 0.2) is 0 Å². The molecule has 0 spiro atoms. The molecule has 20 heavy (non-hydrogen) atoms. The summed E-state index contributed by atoms with van der Waals surface area (Å²) in [5.41, 5.74) is 2.92. The van der Waals surface area contributed by atoms with Gasteiger partial charge in [-0.15, -0.1) is 11.8 Å². The maximum absolute atomic E-state index is 5.45. The third-order valence-electron chi connectivity index (χ3n) is 3.49. The lowest BCUT2D eigenvalue weighted by atomic mass is 10.1. The van der Waals surface area contributed by atoms with E-state index in [1.54, 1.807) is 0 Å². The van der Waals surface area contributed by atoms with E-state index in [0.29, 0.717) is 5.25 Å². The van der Waals surface area contributed by atoms with Gasteiger partial charge in [0.1, 0.15) is 0 Å². The van der Waals surface area contributed by atoms with Gasteiger partial charge in [0.05, 0.1) is 0 Å². The summed E-state index contributed by atoms with van der Waals surface area (Å²) in [6.07, 6.45) is 2.34. The molecule has 0 aromatic heterocycles. The number of ether oxygens (including phenoxy) is 1. The summed E-state index contributed by atoms with van der Waals surface area (Å²) in [6.45, 7) is 11.6. The van der Waals surface area contributed by atoms with E-state index in [0.717, 1.165) is 19.8 Å². The Balaban J connectivity index is 2.06. The zero-order valence-corrected chi connectivity index (χ0v) is 14.0. The van der Waals surface area contributed by atoms with Crippen LogP contribution in [-0.2, 0) is 11.3 Å². The van der Waals surface area contributed by atoms with Crippen LogP contribution in [-0.4, -0.2) is 24.0 Å².